The second-order valence-electron chi connectivity index (χ2n) is 7.66. The first kappa shape index (κ1) is 19.3. The minimum atomic E-state index is -1.50. The van der Waals surface area contributed by atoms with Crippen LogP contribution in [0.1, 0.15) is 21.6 Å². The Bertz CT molecular complexity index is 1330. The molecule has 2 aromatic carbocycles. The van der Waals surface area contributed by atoms with Gasteiger partial charge in [-0.2, -0.15) is 5.10 Å². The molecule has 5 rings (SSSR count). The first-order chi connectivity index (χ1) is 14.8. The molecule has 0 spiro atoms. The Hall–Kier alpha value is -3.62. The Morgan fingerprint density at radius 1 is 1.10 bits per heavy atom. The van der Waals surface area contributed by atoms with Crippen molar-refractivity contribution in [2.75, 3.05) is 6.54 Å². The zero-order valence-corrected chi connectivity index (χ0v) is 16.9. The topological polar surface area (TPSA) is 56.0 Å². The highest BCUT2D eigenvalue weighted by Crippen LogP contribution is 2.32. The minimum absolute atomic E-state index is 0.152. The fourth-order valence-corrected chi connectivity index (χ4v) is 4.25. The van der Waals surface area contributed by atoms with E-state index in [9.17, 15) is 18.0 Å². The molecule has 6 nitrogen and oxygen atoms in total. The minimum Gasteiger partial charge on any atom is -0.334 e. The molecule has 0 radical (unpaired) electrons. The van der Waals surface area contributed by atoms with Crippen molar-refractivity contribution in [1.82, 2.24) is 24.2 Å². The molecule has 0 unspecified atom stereocenters. The fourth-order valence-electron chi connectivity index (χ4n) is 4.25. The van der Waals surface area contributed by atoms with Gasteiger partial charge in [-0.1, -0.05) is 6.07 Å². The number of hydrogen-bond donors (Lipinski definition) is 0. The maximum Gasteiger partial charge on any atom is 0.256 e. The third-order valence-corrected chi connectivity index (χ3v) is 5.73. The zero-order chi connectivity index (χ0) is 21.9. The Morgan fingerprint density at radius 2 is 1.84 bits per heavy atom. The van der Waals surface area contributed by atoms with E-state index in [-0.39, 0.29) is 18.0 Å². The lowest BCUT2D eigenvalue weighted by Gasteiger charge is -2.27. The lowest BCUT2D eigenvalue weighted by Crippen LogP contribution is -2.36. The third kappa shape index (κ3) is 2.99. The molecule has 0 bridgehead atoms. The molecule has 0 atom stereocenters. The average Bonchev–Trinajstić information content (AvgIpc) is 3.29. The number of carbonyl (C=O) groups excluding carboxylic acids is 1. The van der Waals surface area contributed by atoms with Gasteiger partial charge in [0.1, 0.15) is 5.52 Å². The first-order valence-electron chi connectivity index (χ1n) is 9.74. The van der Waals surface area contributed by atoms with E-state index >= 15 is 0 Å². The summed E-state index contributed by atoms with van der Waals surface area (Å²) in [7, 11) is 3.53. The number of imidazole rings is 1. The first-order valence-corrected chi connectivity index (χ1v) is 9.74. The van der Waals surface area contributed by atoms with E-state index < -0.39 is 17.5 Å². The molecule has 1 amide bonds. The predicted molar refractivity (Wildman–Crippen MR) is 108 cm³/mol. The number of carbonyl (C=O) groups is 1. The van der Waals surface area contributed by atoms with Crippen LogP contribution >= 0.6 is 0 Å². The van der Waals surface area contributed by atoms with Crippen molar-refractivity contribution in [3.05, 3.63) is 70.9 Å². The van der Waals surface area contributed by atoms with E-state index in [1.54, 1.807) is 24.3 Å². The van der Waals surface area contributed by atoms with Crippen molar-refractivity contribution in [2.45, 2.75) is 13.0 Å². The monoisotopic (exact) mass is 425 g/mol. The van der Waals surface area contributed by atoms with Gasteiger partial charge in [-0.25, -0.2) is 18.2 Å². The van der Waals surface area contributed by atoms with Gasteiger partial charge in [0.05, 0.1) is 35.3 Å². The number of hydrogen-bond acceptors (Lipinski definition) is 3. The number of aryl methyl sites for hydroxylation is 2. The molecule has 158 valence electrons. The highest BCUT2D eigenvalue weighted by Gasteiger charge is 2.29. The zero-order valence-electron chi connectivity index (χ0n) is 16.9. The van der Waals surface area contributed by atoms with Crippen molar-refractivity contribution >= 4 is 16.9 Å². The lowest BCUT2D eigenvalue weighted by atomic mass is 9.99. The van der Waals surface area contributed by atoms with E-state index in [4.69, 9.17) is 0 Å². The molecular weight excluding hydrogens is 407 g/mol. The maximum atomic E-state index is 13.8. The van der Waals surface area contributed by atoms with Gasteiger partial charge in [-0.3, -0.25) is 9.48 Å². The van der Waals surface area contributed by atoms with E-state index in [0.29, 0.717) is 35.4 Å². The molecule has 0 fully saturated rings. The summed E-state index contributed by atoms with van der Waals surface area (Å²) in [6.07, 6.45) is 2.13. The third-order valence-electron chi connectivity index (χ3n) is 5.73. The van der Waals surface area contributed by atoms with Gasteiger partial charge in [0.15, 0.2) is 17.5 Å². The number of fused-ring (bicyclic) bond motifs is 2. The van der Waals surface area contributed by atoms with E-state index in [0.717, 1.165) is 23.2 Å². The number of rotatable bonds is 2. The van der Waals surface area contributed by atoms with Gasteiger partial charge in [0.25, 0.3) is 5.91 Å². The van der Waals surface area contributed by atoms with Crippen LogP contribution in [0.4, 0.5) is 13.2 Å². The second-order valence-corrected chi connectivity index (χ2v) is 7.66. The Kier molecular flexibility index (Phi) is 4.35. The van der Waals surface area contributed by atoms with E-state index in [2.05, 4.69) is 10.1 Å². The summed E-state index contributed by atoms with van der Waals surface area (Å²) in [5.41, 5.74) is 4.20. The molecule has 1 aliphatic heterocycles. The summed E-state index contributed by atoms with van der Waals surface area (Å²) in [6.45, 7) is 0.678. The standard InChI is InChI=1S/C22H18F3N5O/c1-28-11-26-20-14(4-3-5-18(20)28)22(31)30-7-6-13-17(10-30)27-29(2)21(13)12-8-15(23)19(25)16(24)9-12/h3-5,8-9,11H,6-7,10H2,1-2H3. The molecule has 4 aromatic rings. The Balaban J connectivity index is 1.49. The van der Waals surface area contributed by atoms with Gasteiger partial charge >= 0.3 is 0 Å². The van der Waals surface area contributed by atoms with Crippen LogP contribution < -0.4 is 0 Å². The highest BCUT2D eigenvalue weighted by molar-refractivity contribution is 6.05. The van der Waals surface area contributed by atoms with Crippen LogP contribution in [-0.2, 0) is 27.1 Å². The van der Waals surface area contributed by atoms with Crippen LogP contribution in [-0.4, -0.2) is 36.7 Å². The summed E-state index contributed by atoms with van der Waals surface area (Å²) < 4.78 is 44.3. The largest absolute Gasteiger partial charge is 0.334 e. The molecule has 31 heavy (non-hydrogen) atoms. The maximum absolute atomic E-state index is 13.8. The second kappa shape index (κ2) is 6.97. The molecular formula is C22H18F3N5O. The quantitative estimate of drug-likeness (QED) is 0.462. The van der Waals surface area contributed by atoms with Gasteiger partial charge in [-0.15, -0.1) is 0 Å². The van der Waals surface area contributed by atoms with Crippen LogP contribution in [0.25, 0.3) is 22.3 Å². The van der Waals surface area contributed by atoms with Gasteiger partial charge in [-0.05, 0) is 30.7 Å². The molecule has 0 saturated heterocycles. The molecule has 3 heterocycles. The molecule has 0 aliphatic carbocycles. The summed E-state index contributed by atoms with van der Waals surface area (Å²) in [4.78, 5) is 19.3. The summed E-state index contributed by atoms with van der Waals surface area (Å²) >= 11 is 0. The summed E-state index contributed by atoms with van der Waals surface area (Å²) in [5, 5.41) is 4.47. The molecule has 0 saturated carbocycles. The van der Waals surface area contributed by atoms with Crippen LogP contribution in [0.15, 0.2) is 36.7 Å². The number of nitrogens with zero attached hydrogens (tertiary/aromatic N) is 5. The number of para-hydroxylation sites is 1. The van der Waals surface area contributed by atoms with E-state index in [1.807, 2.05) is 23.7 Å². The van der Waals surface area contributed by atoms with Crippen molar-refractivity contribution < 1.29 is 18.0 Å². The van der Waals surface area contributed by atoms with Gasteiger partial charge < -0.3 is 9.47 Å². The Morgan fingerprint density at radius 3 is 2.58 bits per heavy atom. The fraction of sp³-hybridized carbons (Fsp3) is 0.227. The lowest BCUT2D eigenvalue weighted by molar-refractivity contribution is 0.0734. The van der Waals surface area contributed by atoms with Gasteiger partial charge in [0, 0.05) is 31.8 Å². The SMILES string of the molecule is Cn1nc2c(c1-c1cc(F)c(F)c(F)c1)CCN(C(=O)c1cccc3c1ncn3C)C2. The number of amides is 1. The van der Waals surface area contributed by atoms with Crippen molar-refractivity contribution in [2.24, 2.45) is 14.1 Å². The van der Waals surface area contributed by atoms with Crippen LogP contribution in [0.3, 0.4) is 0 Å². The molecule has 1 aliphatic rings. The smallest absolute Gasteiger partial charge is 0.256 e. The number of benzene rings is 2. The highest BCUT2D eigenvalue weighted by atomic mass is 19.2. The van der Waals surface area contributed by atoms with Crippen molar-refractivity contribution in [1.29, 1.82) is 0 Å². The summed E-state index contributed by atoms with van der Waals surface area (Å²) in [6, 6.07) is 7.41. The molecule has 0 N–H and O–H groups in total. The van der Waals surface area contributed by atoms with Crippen molar-refractivity contribution in [3.8, 4) is 11.3 Å². The normalized spacial score (nSPS) is 13.6. The molecule has 2 aromatic heterocycles. The van der Waals surface area contributed by atoms with Crippen LogP contribution in [0.2, 0.25) is 0 Å². The number of halogens is 3. The predicted octanol–water partition coefficient (Wildman–Crippen LogP) is 3.59. The van der Waals surface area contributed by atoms with Gasteiger partial charge in [0.2, 0.25) is 0 Å². The Labute approximate surface area is 175 Å². The summed E-state index contributed by atoms with van der Waals surface area (Å²) in [5.74, 6) is -4.15. The molecule has 9 heteroatoms. The number of aromatic nitrogens is 4. The van der Waals surface area contributed by atoms with Crippen LogP contribution in [0, 0.1) is 17.5 Å². The van der Waals surface area contributed by atoms with E-state index in [1.165, 1.54) is 4.68 Å². The average molecular weight is 425 g/mol. The van der Waals surface area contributed by atoms with Crippen molar-refractivity contribution in [3.63, 3.8) is 0 Å². The van der Waals surface area contributed by atoms with Crippen LogP contribution in [0.5, 0.6) is 0 Å².